The average molecular weight is 415 g/mol. The van der Waals surface area contributed by atoms with Crippen LogP contribution in [0.2, 0.25) is 5.02 Å². The molecule has 0 spiro atoms. The van der Waals surface area contributed by atoms with E-state index in [1.54, 1.807) is 23.1 Å². The van der Waals surface area contributed by atoms with Crippen LogP contribution in [0.5, 0.6) is 0 Å². The average Bonchev–Trinajstić information content (AvgIpc) is 2.95. The van der Waals surface area contributed by atoms with Gasteiger partial charge in [-0.05, 0) is 63.0 Å². The van der Waals surface area contributed by atoms with Crippen LogP contribution in [-0.2, 0) is 0 Å². The minimum atomic E-state index is -0.623. The maximum absolute atomic E-state index is 13.8. The molecule has 1 aromatic heterocycles. The summed E-state index contributed by atoms with van der Waals surface area (Å²) in [5.74, 6) is -0.854. The van der Waals surface area contributed by atoms with Crippen molar-refractivity contribution >= 4 is 28.5 Å². The van der Waals surface area contributed by atoms with Crippen LogP contribution in [0.15, 0.2) is 51.7 Å². The summed E-state index contributed by atoms with van der Waals surface area (Å²) in [6.07, 6.45) is 0.728. The first kappa shape index (κ1) is 19.6. The topological polar surface area (TPSA) is 53.8 Å². The van der Waals surface area contributed by atoms with Gasteiger partial charge in [0.1, 0.15) is 11.4 Å². The van der Waals surface area contributed by atoms with E-state index in [1.165, 1.54) is 12.1 Å². The zero-order valence-electron chi connectivity index (χ0n) is 16.1. The van der Waals surface area contributed by atoms with Gasteiger partial charge in [0, 0.05) is 11.6 Å². The van der Waals surface area contributed by atoms with Crippen molar-refractivity contribution in [2.24, 2.45) is 0 Å². The summed E-state index contributed by atoms with van der Waals surface area (Å²) in [4.78, 5) is 30.1. The molecule has 1 aliphatic heterocycles. The number of carbonyl (C=O) groups excluding carboxylic acids is 1. The molecule has 7 heteroatoms. The standard InChI is InChI=1S/C22H20ClFN2O3/c1-25(2)9-4-10-26-19(13-5-3-6-14(23)11-13)18-20(27)16-12-15(24)7-8-17(16)29-21(18)22(26)28/h3,5-8,11-12,19H,4,9-10H2,1-2H3/t19-/m0/s1. The lowest BCUT2D eigenvalue weighted by molar-refractivity contribution is 0.0722. The lowest BCUT2D eigenvalue weighted by Gasteiger charge is -2.25. The van der Waals surface area contributed by atoms with E-state index in [4.69, 9.17) is 16.0 Å². The van der Waals surface area contributed by atoms with Gasteiger partial charge in [-0.2, -0.15) is 0 Å². The number of fused-ring (bicyclic) bond motifs is 2. The lowest BCUT2D eigenvalue weighted by atomic mass is 9.98. The number of hydrogen-bond acceptors (Lipinski definition) is 4. The molecule has 0 aliphatic carbocycles. The second-order valence-electron chi connectivity index (χ2n) is 7.43. The lowest BCUT2D eigenvalue weighted by Crippen LogP contribution is -2.32. The predicted octanol–water partition coefficient (Wildman–Crippen LogP) is 4.08. The summed E-state index contributed by atoms with van der Waals surface area (Å²) in [5.41, 5.74) is 0.760. The van der Waals surface area contributed by atoms with Gasteiger partial charge < -0.3 is 14.2 Å². The highest BCUT2D eigenvalue weighted by atomic mass is 35.5. The first-order chi connectivity index (χ1) is 13.9. The third-order valence-electron chi connectivity index (χ3n) is 5.10. The van der Waals surface area contributed by atoms with Gasteiger partial charge in [0.2, 0.25) is 5.76 Å². The Labute approximate surface area is 172 Å². The minimum absolute atomic E-state index is 0.0175. The molecule has 0 bridgehead atoms. The number of halogens is 2. The fourth-order valence-electron chi connectivity index (χ4n) is 3.80. The quantitative estimate of drug-likeness (QED) is 0.631. The molecular formula is C22H20ClFN2O3. The number of carbonyl (C=O) groups is 1. The van der Waals surface area contributed by atoms with Crippen molar-refractivity contribution in [2.45, 2.75) is 12.5 Å². The second-order valence-corrected chi connectivity index (χ2v) is 7.86. The SMILES string of the molecule is CN(C)CCCN1C(=O)c2oc3ccc(F)cc3c(=O)c2[C@@H]1c1cccc(Cl)c1. The molecule has 0 unspecified atom stereocenters. The van der Waals surface area contributed by atoms with Gasteiger partial charge in [-0.15, -0.1) is 0 Å². The van der Waals surface area contributed by atoms with E-state index in [-0.39, 0.29) is 28.2 Å². The molecular weight excluding hydrogens is 395 g/mol. The largest absolute Gasteiger partial charge is 0.450 e. The highest BCUT2D eigenvalue weighted by Gasteiger charge is 2.42. The molecule has 1 aliphatic rings. The smallest absolute Gasteiger partial charge is 0.290 e. The van der Waals surface area contributed by atoms with Gasteiger partial charge in [-0.3, -0.25) is 9.59 Å². The summed E-state index contributed by atoms with van der Waals surface area (Å²) in [6.45, 7) is 1.24. The highest BCUT2D eigenvalue weighted by Crippen LogP contribution is 2.38. The molecule has 1 atom stereocenters. The summed E-state index contributed by atoms with van der Waals surface area (Å²) < 4.78 is 19.5. The Morgan fingerprint density at radius 1 is 1.17 bits per heavy atom. The predicted molar refractivity (Wildman–Crippen MR) is 110 cm³/mol. The van der Waals surface area contributed by atoms with Gasteiger partial charge >= 0.3 is 0 Å². The Morgan fingerprint density at radius 3 is 2.69 bits per heavy atom. The second kappa shape index (κ2) is 7.61. The molecule has 0 radical (unpaired) electrons. The molecule has 4 rings (SSSR count). The van der Waals surface area contributed by atoms with Crippen LogP contribution in [-0.4, -0.2) is 42.9 Å². The Balaban J connectivity index is 1.89. The van der Waals surface area contributed by atoms with Crippen LogP contribution in [0.25, 0.3) is 11.0 Å². The molecule has 3 aromatic rings. The summed E-state index contributed by atoms with van der Waals surface area (Å²) >= 11 is 6.17. The van der Waals surface area contributed by atoms with Crippen molar-refractivity contribution in [3.05, 3.63) is 80.4 Å². The molecule has 0 saturated carbocycles. The van der Waals surface area contributed by atoms with Gasteiger partial charge in [0.15, 0.2) is 5.43 Å². The van der Waals surface area contributed by atoms with Crippen molar-refractivity contribution in [3.8, 4) is 0 Å². The molecule has 1 amide bonds. The Bertz CT molecular complexity index is 1160. The number of benzene rings is 2. The molecule has 0 fully saturated rings. The maximum Gasteiger partial charge on any atom is 0.290 e. The first-order valence-electron chi connectivity index (χ1n) is 9.34. The summed E-state index contributed by atoms with van der Waals surface area (Å²) in [5, 5.41) is 0.631. The Hall–Kier alpha value is -2.70. The molecule has 0 N–H and O–H groups in total. The monoisotopic (exact) mass is 414 g/mol. The first-order valence-corrected chi connectivity index (χ1v) is 9.72. The van der Waals surface area contributed by atoms with E-state index in [9.17, 15) is 14.0 Å². The summed E-state index contributed by atoms with van der Waals surface area (Å²) in [7, 11) is 3.92. The van der Waals surface area contributed by atoms with Crippen molar-refractivity contribution in [2.75, 3.05) is 27.2 Å². The van der Waals surface area contributed by atoms with Crippen molar-refractivity contribution in [1.82, 2.24) is 9.80 Å². The van der Waals surface area contributed by atoms with Gasteiger partial charge in [0.05, 0.1) is 17.0 Å². The summed E-state index contributed by atoms with van der Waals surface area (Å²) in [6, 6.07) is 10.2. The van der Waals surface area contributed by atoms with E-state index in [0.717, 1.165) is 24.6 Å². The fourth-order valence-corrected chi connectivity index (χ4v) is 4.00. The fraction of sp³-hybridized carbons (Fsp3) is 0.273. The number of hydrogen-bond donors (Lipinski definition) is 0. The van der Waals surface area contributed by atoms with Crippen molar-refractivity contribution in [1.29, 1.82) is 0 Å². The van der Waals surface area contributed by atoms with Gasteiger partial charge in [-0.1, -0.05) is 23.7 Å². The van der Waals surface area contributed by atoms with Crippen LogP contribution in [0.1, 0.15) is 34.1 Å². The van der Waals surface area contributed by atoms with Crippen molar-refractivity contribution < 1.29 is 13.6 Å². The van der Waals surface area contributed by atoms with Crippen LogP contribution in [0.3, 0.4) is 0 Å². The number of rotatable bonds is 5. The number of amides is 1. The molecule has 0 saturated heterocycles. The van der Waals surface area contributed by atoms with E-state index in [0.29, 0.717) is 11.6 Å². The third kappa shape index (κ3) is 3.54. The van der Waals surface area contributed by atoms with E-state index in [2.05, 4.69) is 0 Å². The van der Waals surface area contributed by atoms with Crippen LogP contribution >= 0.6 is 11.6 Å². The van der Waals surface area contributed by atoms with Crippen LogP contribution in [0, 0.1) is 5.82 Å². The normalized spacial score (nSPS) is 16.1. The number of nitrogens with zero attached hydrogens (tertiary/aromatic N) is 2. The van der Waals surface area contributed by atoms with Gasteiger partial charge in [-0.25, -0.2) is 4.39 Å². The van der Waals surface area contributed by atoms with Crippen molar-refractivity contribution in [3.63, 3.8) is 0 Å². The highest BCUT2D eigenvalue weighted by molar-refractivity contribution is 6.30. The zero-order valence-corrected chi connectivity index (χ0v) is 16.9. The minimum Gasteiger partial charge on any atom is -0.450 e. The Kier molecular flexibility index (Phi) is 5.15. The molecule has 2 heterocycles. The molecule has 29 heavy (non-hydrogen) atoms. The van der Waals surface area contributed by atoms with E-state index in [1.807, 2.05) is 25.1 Å². The molecule has 150 valence electrons. The maximum atomic E-state index is 13.8. The molecule has 2 aromatic carbocycles. The third-order valence-corrected chi connectivity index (χ3v) is 5.33. The van der Waals surface area contributed by atoms with E-state index < -0.39 is 17.3 Å². The van der Waals surface area contributed by atoms with Crippen LogP contribution < -0.4 is 5.43 Å². The Morgan fingerprint density at radius 2 is 1.97 bits per heavy atom. The van der Waals surface area contributed by atoms with E-state index >= 15 is 0 Å². The van der Waals surface area contributed by atoms with Crippen LogP contribution in [0.4, 0.5) is 4.39 Å². The van der Waals surface area contributed by atoms with Gasteiger partial charge in [0.25, 0.3) is 5.91 Å². The molecule has 5 nitrogen and oxygen atoms in total. The zero-order chi connectivity index (χ0) is 20.7.